The van der Waals surface area contributed by atoms with Gasteiger partial charge >= 0.3 is 12.3 Å². The summed E-state index contributed by atoms with van der Waals surface area (Å²) in [5, 5.41) is 0.744. The highest BCUT2D eigenvalue weighted by Gasteiger charge is 2.44. The van der Waals surface area contributed by atoms with Gasteiger partial charge in [0.2, 0.25) is 0 Å². The molecule has 4 aliphatic heterocycles. The molecule has 1 amide bonds. The van der Waals surface area contributed by atoms with Gasteiger partial charge in [-0.05, 0) is 55.8 Å². The molecule has 4 aliphatic rings. The molecule has 0 bridgehead atoms. The van der Waals surface area contributed by atoms with E-state index in [-0.39, 0.29) is 5.41 Å². The highest BCUT2D eigenvalue weighted by atomic mass is 35.5. The molecule has 0 aliphatic carbocycles. The topological polar surface area (TPSA) is 45.2 Å². The van der Waals surface area contributed by atoms with E-state index in [9.17, 15) is 18.0 Å². The zero-order valence-corrected chi connectivity index (χ0v) is 20.8. The van der Waals surface area contributed by atoms with Crippen molar-refractivity contribution in [2.75, 3.05) is 57.4 Å². The zero-order valence-electron chi connectivity index (χ0n) is 20.0. The van der Waals surface area contributed by atoms with Gasteiger partial charge in [-0.15, -0.1) is 0 Å². The number of carbonyl (C=O) groups excluding carboxylic acids is 1. The summed E-state index contributed by atoms with van der Waals surface area (Å²) in [6.07, 6.45) is -4.91. The number of likely N-dealkylation sites (tertiary alicyclic amines) is 2. The smallest absolute Gasteiger partial charge is 0.425 e. The summed E-state index contributed by atoms with van der Waals surface area (Å²) in [4.78, 5) is 18.5. The number of carbonyl (C=O) groups is 1. The van der Waals surface area contributed by atoms with E-state index in [2.05, 4.69) is 26.7 Å². The van der Waals surface area contributed by atoms with Gasteiger partial charge in [0.05, 0.1) is 13.2 Å². The quantitative estimate of drug-likeness (QED) is 0.576. The molecule has 10 heteroatoms. The second-order valence-corrected chi connectivity index (χ2v) is 11.2. The van der Waals surface area contributed by atoms with Crippen molar-refractivity contribution in [3.05, 3.63) is 28.8 Å². The lowest BCUT2D eigenvalue weighted by molar-refractivity contribution is -0.200. The van der Waals surface area contributed by atoms with Gasteiger partial charge in [-0.2, -0.15) is 13.2 Å². The predicted octanol–water partition coefficient (Wildman–Crippen LogP) is 4.80. The molecule has 6 nitrogen and oxygen atoms in total. The lowest BCUT2D eigenvalue weighted by atomic mass is 9.78. The lowest BCUT2D eigenvalue weighted by Gasteiger charge is -2.39. The summed E-state index contributed by atoms with van der Waals surface area (Å²) >= 11 is 6.37. The van der Waals surface area contributed by atoms with Crippen molar-refractivity contribution in [2.24, 2.45) is 17.3 Å². The maximum Gasteiger partial charge on any atom is 0.425 e. The molecular formula is C25H33ClF3N3O3. The fourth-order valence-corrected chi connectivity index (χ4v) is 6.28. The monoisotopic (exact) mass is 515 g/mol. The van der Waals surface area contributed by atoms with Crippen LogP contribution in [0, 0.1) is 17.3 Å². The molecule has 0 saturated carbocycles. The van der Waals surface area contributed by atoms with Crippen molar-refractivity contribution in [3.63, 3.8) is 0 Å². The molecule has 0 aromatic heterocycles. The van der Waals surface area contributed by atoms with Crippen molar-refractivity contribution in [1.29, 1.82) is 0 Å². The van der Waals surface area contributed by atoms with Crippen LogP contribution in [0.1, 0.15) is 31.7 Å². The molecule has 0 N–H and O–H groups in total. The second-order valence-electron chi connectivity index (χ2n) is 10.8. The van der Waals surface area contributed by atoms with Gasteiger partial charge in [-0.1, -0.05) is 17.7 Å². The minimum atomic E-state index is -4.54. The number of piperidine rings is 1. The number of halogens is 4. The Morgan fingerprint density at radius 1 is 1.17 bits per heavy atom. The highest BCUT2D eigenvalue weighted by molar-refractivity contribution is 6.30. The van der Waals surface area contributed by atoms with Crippen LogP contribution in [0.4, 0.5) is 23.7 Å². The van der Waals surface area contributed by atoms with Crippen LogP contribution in [0.2, 0.25) is 5.02 Å². The molecule has 1 aromatic carbocycles. The van der Waals surface area contributed by atoms with Crippen LogP contribution < -0.4 is 4.90 Å². The van der Waals surface area contributed by atoms with Gasteiger partial charge in [0.15, 0.2) is 6.10 Å². The molecule has 194 valence electrons. The van der Waals surface area contributed by atoms with E-state index in [0.717, 1.165) is 77.1 Å². The number of rotatable bonds is 4. The maximum absolute atomic E-state index is 12.7. The van der Waals surface area contributed by atoms with Gasteiger partial charge in [0.1, 0.15) is 0 Å². The lowest BCUT2D eigenvalue weighted by Crippen LogP contribution is -2.46. The van der Waals surface area contributed by atoms with Gasteiger partial charge in [-0.3, -0.25) is 4.90 Å². The molecule has 4 heterocycles. The summed E-state index contributed by atoms with van der Waals surface area (Å²) in [5.74, 6) is 1.18. The van der Waals surface area contributed by atoms with Crippen molar-refractivity contribution < 1.29 is 27.4 Å². The molecule has 35 heavy (non-hydrogen) atoms. The van der Waals surface area contributed by atoms with Crippen LogP contribution in [0.15, 0.2) is 18.2 Å². The van der Waals surface area contributed by atoms with Crippen LogP contribution in [0.5, 0.6) is 0 Å². The summed E-state index contributed by atoms with van der Waals surface area (Å²) in [7, 11) is 0. The Labute approximate surface area is 209 Å². The van der Waals surface area contributed by atoms with Crippen LogP contribution in [-0.4, -0.2) is 80.7 Å². The van der Waals surface area contributed by atoms with Crippen molar-refractivity contribution in [2.45, 2.75) is 45.0 Å². The second kappa shape index (κ2) is 9.63. The number of ether oxygens (including phenoxy) is 2. The van der Waals surface area contributed by atoms with E-state index in [1.807, 2.05) is 6.07 Å². The van der Waals surface area contributed by atoms with Crippen LogP contribution >= 0.6 is 11.6 Å². The molecule has 0 radical (unpaired) electrons. The fraction of sp³-hybridized carbons (Fsp3) is 0.720. The Morgan fingerprint density at radius 2 is 1.83 bits per heavy atom. The number of nitrogens with zero attached hydrogens (tertiary/aromatic N) is 3. The molecule has 5 rings (SSSR count). The summed E-state index contributed by atoms with van der Waals surface area (Å²) in [6.45, 7) is 8.15. The average Bonchev–Trinajstić information content (AvgIpc) is 3.50. The molecule has 4 fully saturated rings. The first-order valence-corrected chi connectivity index (χ1v) is 12.9. The van der Waals surface area contributed by atoms with E-state index in [4.69, 9.17) is 16.3 Å². The molecule has 4 saturated heterocycles. The van der Waals surface area contributed by atoms with Crippen molar-refractivity contribution in [1.82, 2.24) is 9.80 Å². The zero-order chi connectivity index (χ0) is 24.8. The minimum absolute atomic E-state index is 0.0982. The van der Waals surface area contributed by atoms with E-state index in [1.54, 1.807) is 0 Å². The number of amides is 1. The third kappa shape index (κ3) is 5.37. The highest BCUT2D eigenvalue weighted by Crippen LogP contribution is 2.42. The summed E-state index contributed by atoms with van der Waals surface area (Å²) < 4.78 is 48.5. The third-order valence-corrected chi connectivity index (χ3v) is 8.60. The number of anilines is 1. The van der Waals surface area contributed by atoms with Gasteiger partial charge in [0, 0.05) is 61.8 Å². The van der Waals surface area contributed by atoms with Crippen LogP contribution in [0.3, 0.4) is 0 Å². The number of hydrogen-bond donors (Lipinski definition) is 0. The number of hydrogen-bond acceptors (Lipinski definition) is 5. The molecule has 3 unspecified atom stereocenters. The number of alkyl halides is 3. The Morgan fingerprint density at radius 3 is 2.49 bits per heavy atom. The van der Waals surface area contributed by atoms with E-state index in [1.165, 1.54) is 16.2 Å². The van der Waals surface area contributed by atoms with Crippen LogP contribution in [0.25, 0.3) is 0 Å². The Bertz CT molecular complexity index is 926. The van der Waals surface area contributed by atoms with Gasteiger partial charge < -0.3 is 19.3 Å². The molecule has 3 atom stereocenters. The Hall–Kier alpha value is -1.71. The number of benzene rings is 1. The van der Waals surface area contributed by atoms with E-state index >= 15 is 0 Å². The third-order valence-electron chi connectivity index (χ3n) is 8.36. The average molecular weight is 516 g/mol. The first-order chi connectivity index (χ1) is 16.6. The Kier molecular flexibility index (Phi) is 6.87. The summed E-state index contributed by atoms with van der Waals surface area (Å²) in [5.41, 5.74) is 2.58. The van der Waals surface area contributed by atoms with E-state index < -0.39 is 18.4 Å². The van der Waals surface area contributed by atoms with E-state index in [0.29, 0.717) is 24.9 Å². The molecular weight excluding hydrogens is 483 g/mol. The standard InChI is InChI=1S/C25H33ClF3N3O3/c1-17(25(27,28)29)35-23(33)31-8-5-24(6-9-31)4-7-30(16-24)11-18-2-3-21(26)10-22(18)32-12-19-14-34-15-20(19)13-32/h2-3,10,17,19-20H,4-9,11-16H2,1H3. The minimum Gasteiger partial charge on any atom is -0.437 e. The maximum atomic E-state index is 12.7. The summed E-state index contributed by atoms with van der Waals surface area (Å²) in [6, 6.07) is 6.17. The molecule has 1 aromatic rings. The molecule has 1 spiro atoms. The van der Waals surface area contributed by atoms with Crippen molar-refractivity contribution in [3.8, 4) is 0 Å². The van der Waals surface area contributed by atoms with Crippen LogP contribution in [-0.2, 0) is 16.0 Å². The normalized spacial score (nSPS) is 27.5. The first kappa shape index (κ1) is 25.0. The number of fused-ring (bicyclic) bond motifs is 1. The Balaban J connectivity index is 1.17. The van der Waals surface area contributed by atoms with Gasteiger partial charge in [0.25, 0.3) is 0 Å². The first-order valence-electron chi connectivity index (χ1n) is 12.5. The van der Waals surface area contributed by atoms with Gasteiger partial charge in [-0.25, -0.2) is 4.79 Å². The predicted molar refractivity (Wildman–Crippen MR) is 127 cm³/mol. The fourth-order valence-electron chi connectivity index (χ4n) is 6.12. The van der Waals surface area contributed by atoms with Crippen molar-refractivity contribution >= 4 is 23.4 Å². The largest absolute Gasteiger partial charge is 0.437 e. The SMILES string of the molecule is CC(OC(=O)N1CCC2(CCN(Cc3ccc(Cl)cc3N3CC4COCC4C3)C2)CC1)C(F)(F)F.